The molecule has 44 heavy (non-hydrogen) atoms. The Balaban J connectivity index is 1.38. The summed E-state index contributed by atoms with van der Waals surface area (Å²) in [6.45, 7) is 8.39. The molecule has 0 spiro atoms. The summed E-state index contributed by atoms with van der Waals surface area (Å²) in [5.74, 6) is 1.45. The van der Waals surface area contributed by atoms with Crippen LogP contribution < -0.4 is 26.0 Å². The molecule has 0 aliphatic carbocycles. The van der Waals surface area contributed by atoms with E-state index in [2.05, 4.69) is 58.9 Å². The second-order valence-corrected chi connectivity index (χ2v) is 14.7. The van der Waals surface area contributed by atoms with E-state index in [0.29, 0.717) is 62.9 Å². The first-order chi connectivity index (χ1) is 21.2. The van der Waals surface area contributed by atoms with E-state index in [1.807, 2.05) is 41.3 Å². The highest BCUT2D eigenvalue weighted by Crippen LogP contribution is 2.42. The van der Waals surface area contributed by atoms with Crippen LogP contribution >= 0.6 is 23.1 Å². The quantitative estimate of drug-likeness (QED) is 0.171. The first-order valence-electron chi connectivity index (χ1n) is 14.2. The lowest BCUT2D eigenvalue weighted by atomic mass is 9.96. The number of anilines is 4. The number of nitrogens with zero attached hydrogens (tertiary/aromatic N) is 6. The maximum absolute atomic E-state index is 13.4. The molecule has 0 radical (unpaired) electrons. The molecule has 0 saturated carbocycles. The van der Waals surface area contributed by atoms with Crippen molar-refractivity contribution in [1.82, 2.24) is 35.0 Å². The third-order valence-corrected chi connectivity index (χ3v) is 9.42. The van der Waals surface area contributed by atoms with E-state index in [-0.39, 0.29) is 6.10 Å². The van der Waals surface area contributed by atoms with E-state index in [1.54, 1.807) is 39.0 Å². The highest BCUT2D eigenvalue weighted by Gasteiger charge is 2.25. The summed E-state index contributed by atoms with van der Waals surface area (Å²) in [5, 5.41) is 15.2. The minimum Gasteiger partial charge on any atom is -0.495 e. The van der Waals surface area contributed by atoms with Gasteiger partial charge in [0, 0.05) is 50.0 Å². The van der Waals surface area contributed by atoms with Crippen LogP contribution in [-0.2, 0) is 15.8 Å². The van der Waals surface area contributed by atoms with Crippen molar-refractivity contribution in [3.63, 3.8) is 0 Å². The first-order valence-corrected chi connectivity index (χ1v) is 17.6. The predicted molar refractivity (Wildman–Crippen MR) is 176 cm³/mol. The molecule has 0 bridgehead atoms. The van der Waals surface area contributed by atoms with Gasteiger partial charge in [0.1, 0.15) is 24.2 Å². The molecule has 14 heteroatoms. The van der Waals surface area contributed by atoms with E-state index in [9.17, 15) is 4.57 Å². The number of nitrogens with one attached hydrogen (secondary N) is 3. The Labute approximate surface area is 263 Å². The molecule has 0 amide bonds. The van der Waals surface area contributed by atoms with E-state index in [4.69, 9.17) is 14.5 Å². The summed E-state index contributed by atoms with van der Waals surface area (Å²) >= 11 is 3.57. The van der Waals surface area contributed by atoms with Crippen molar-refractivity contribution in [1.29, 1.82) is 0 Å². The summed E-state index contributed by atoms with van der Waals surface area (Å²) in [6, 6.07) is 7.71. The molecule has 12 nitrogen and oxygen atoms in total. The molecule has 3 N–H and O–H groups in total. The highest BCUT2D eigenvalue weighted by molar-refractivity contribution is 9.10. The summed E-state index contributed by atoms with van der Waals surface area (Å²) in [7, 11) is -1.13. The zero-order valence-corrected chi connectivity index (χ0v) is 27.3. The smallest absolute Gasteiger partial charge is 0.229 e. The van der Waals surface area contributed by atoms with Crippen LogP contribution in [0.2, 0.25) is 0 Å². The largest absolute Gasteiger partial charge is 0.495 e. The van der Waals surface area contributed by atoms with E-state index < -0.39 is 7.14 Å². The van der Waals surface area contributed by atoms with Gasteiger partial charge in [-0.25, -0.2) is 4.98 Å². The van der Waals surface area contributed by atoms with Gasteiger partial charge in [-0.2, -0.15) is 10.1 Å². The van der Waals surface area contributed by atoms with E-state index >= 15 is 0 Å². The zero-order chi connectivity index (χ0) is 30.8. The Morgan fingerprint density at radius 1 is 1.14 bits per heavy atom. The fourth-order valence-corrected chi connectivity index (χ4v) is 6.93. The molecule has 1 aliphatic rings. The van der Waals surface area contributed by atoms with Gasteiger partial charge in [0.05, 0.1) is 52.7 Å². The molecule has 1 atom stereocenters. The van der Waals surface area contributed by atoms with Gasteiger partial charge in [0.25, 0.3) is 0 Å². The van der Waals surface area contributed by atoms with Crippen LogP contribution in [0.5, 0.6) is 5.75 Å². The van der Waals surface area contributed by atoms with Crippen LogP contribution in [0.1, 0.15) is 18.6 Å². The van der Waals surface area contributed by atoms with Crippen molar-refractivity contribution in [3.8, 4) is 16.9 Å². The summed E-state index contributed by atoms with van der Waals surface area (Å²) in [6.07, 6.45) is 8.62. The third-order valence-electron chi connectivity index (χ3n) is 7.31. The molecular formula is C30H33BrN9O3P. The van der Waals surface area contributed by atoms with Crippen LogP contribution in [0, 0.1) is 0 Å². The number of hydrogen-bond acceptors (Lipinski definition) is 11. The normalized spacial score (nSPS) is 15.3. The molecular weight excluding hydrogens is 645 g/mol. The van der Waals surface area contributed by atoms with Gasteiger partial charge in [-0.15, -0.1) is 0 Å². The van der Waals surface area contributed by atoms with Gasteiger partial charge >= 0.3 is 0 Å². The molecule has 228 valence electrons. The fourth-order valence-electron chi connectivity index (χ4n) is 5.25. The van der Waals surface area contributed by atoms with E-state index in [1.165, 1.54) is 0 Å². The molecule has 1 saturated heterocycles. The first kappa shape index (κ1) is 30.1. The monoisotopic (exact) mass is 677 g/mol. The van der Waals surface area contributed by atoms with Crippen LogP contribution in [-0.4, -0.2) is 69.9 Å². The van der Waals surface area contributed by atoms with Crippen LogP contribution in [0.3, 0.4) is 0 Å². The second-order valence-electron chi connectivity index (χ2n) is 10.7. The number of ether oxygens (including phenoxy) is 2. The maximum Gasteiger partial charge on any atom is 0.229 e. The summed E-state index contributed by atoms with van der Waals surface area (Å²) in [5.41, 5.74) is 5.53. The van der Waals surface area contributed by atoms with Crippen LogP contribution in [0.4, 0.5) is 23.1 Å². The number of fused-ring (bicyclic) bond motifs is 1. The van der Waals surface area contributed by atoms with Gasteiger partial charge in [-0.3, -0.25) is 14.6 Å². The van der Waals surface area contributed by atoms with Crippen molar-refractivity contribution >= 4 is 62.6 Å². The van der Waals surface area contributed by atoms with Gasteiger partial charge in [0.15, 0.2) is 0 Å². The predicted octanol–water partition coefficient (Wildman–Crippen LogP) is 5.47. The Hall–Kier alpha value is -3.90. The minimum atomic E-state index is -2.76. The lowest BCUT2D eigenvalue weighted by Crippen LogP contribution is -2.33. The number of hydrogen-bond donors (Lipinski definition) is 3. The van der Waals surface area contributed by atoms with E-state index in [0.717, 1.165) is 29.8 Å². The second kappa shape index (κ2) is 12.6. The van der Waals surface area contributed by atoms with Crippen molar-refractivity contribution in [2.24, 2.45) is 0 Å². The Morgan fingerprint density at radius 2 is 1.98 bits per heavy atom. The van der Waals surface area contributed by atoms with Crippen molar-refractivity contribution in [2.75, 3.05) is 50.8 Å². The van der Waals surface area contributed by atoms with Crippen molar-refractivity contribution in [2.45, 2.75) is 19.6 Å². The molecule has 1 unspecified atom stereocenters. The minimum absolute atomic E-state index is 0.139. The average molecular weight is 679 g/mol. The molecule has 1 aliphatic heterocycles. The number of methoxy groups -OCH3 is 1. The number of halogens is 1. The van der Waals surface area contributed by atoms with Crippen molar-refractivity contribution < 1.29 is 14.0 Å². The molecule has 3 aromatic heterocycles. The molecule has 5 aromatic rings. The number of aryl methyl sites for hydroxylation is 1. The Bertz CT molecular complexity index is 1870. The SMILES string of the molecule is CCn1cc(-c2cc(Nc3ncc(Br)c(Nc4ccc5nccnc5c4P(C)(C)=O)n3)c(OC)cc2C2CNCCO2)cn1. The molecule has 6 rings (SSSR count). The van der Waals surface area contributed by atoms with Crippen LogP contribution in [0.25, 0.3) is 22.2 Å². The molecule has 1 fully saturated rings. The molecule has 2 aromatic carbocycles. The van der Waals surface area contributed by atoms with Crippen LogP contribution in [0.15, 0.2) is 59.7 Å². The van der Waals surface area contributed by atoms with Gasteiger partial charge in [-0.1, -0.05) is 0 Å². The molecule has 4 heterocycles. The van der Waals surface area contributed by atoms with Crippen molar-refractivity contribution in [3.05, 3.63) is 65.3 Å². The fraction of sp³-hybridized carbons (Fsp3) is 0.300. The standard InChI is InChI=1S/C30H33BrN9O3P/c1-5-40-17-18(14-36-40)19-12-24(25(42-2)13-20(19)26-16-32-10-11-43-26)38-30-35-15-21(31)29(39-30)37-23-7-6-22-27(34-9-8-33-22)28(23)44(3,4)41/h6-9,12-15,17,26,32H,5,10-11,16H2,1-4H3,(H2,35,37,38,39). The van der Waals surface area contributed by atoms with Gasteiger partial charge < -0.3 is 30.0 Å². The maximum atomic E-state index is 13.4. The third kappa shape index (κ3) is 6.18. The number of aromatic nitrogens is 6. The topological polar surface area (TPSA) is 141 Å². The zero-order valence-electron chi connectivity index (χ0n) is 24.8. The average Bonchev–Trinajstić information content (AvgIpc) is 3.51. The highest BCUT2D eigenvalue weighted by atomic mass is 79.9. The summed E-state index contributed by atoms with van der Waals surface area (Å²) in [4.78, 5) is 18.1. The number of rotatable bonds is 9. The Kier molecular flexibility index (Phi) is 8.64. The van der Waals surface area contributed by atoms with Gasteiger partial charge in [0.2, 0.25) is 5.95 Å². The number of morpholine rings is 1. The summed E-state index contributed by atoms with van der Waals surface area (Å²) < 4.78 is 27.9. The van der Waals surface area contributed by atoms with Gasteiger partial charge in [-0.05, 0) is 71.6 Å². The lowest BCUT2D eigenvalue weighted by molar-refractivity contribution is 0.0279. The lowest BCUT2D eigenvalue weighted by Gasteiger charge is -2.27. The Morgan fingerprint density at radius 3 is 2.70 bits per heavy atom. The number of benzene rings is 2.